The molecule has 2 aliphatic rings. The number of morpholine rings is 1. The predicted octanol–water partition coefficient (Wildman–Crippen LogP) is 3.44. The summed E-state index contributed by atoms with van der Waals surface area (Å²) < 4.78 is 19.4. The Morgan fingerprint density at radius 3 is 2.84 bits per heavy atom. The van der Waals surface area contributed by atoms with Gasteiger partial charge in [0.1, 0.15) is 5.82 Å². The van der Waals surface area contributed by atoms with Crippen molar-refractivity contribution >= 4 is 0 Å². The molecule has 2 nitrogen and oxygen atoms in total. The Morgan fingerprint density at radius 1 is 1.21 bits per heavy atom. The molecule has 0 amide bonds. The minimum absolute atomic E-state index is 0.00384. The highest BCUT2D eigenvalue weighted by Crippen LogP contribution is 2.31. The molecule has 1 saturated heterocycles. The topological polar surface area (TPSA) is 21.3 Å². The third-order valence-electron chi connectivity index (χ3n) is 4.35. The fraction of sp³-hybridized carbons (Fsp3) is 0.625. The van der Waals surface area contributed by atoms with Crippen LogP contribution in [0.5, 0.6) is 0 Å². The van der Waals surface area contributed by atoms with Crippen molar-refractivity contribution in [3.8, 4) is 0 Å². The second-order valence-electron chi connectivity index (χ2n) is 5.85. The first-order valence-electron chi connectivity index (χ1n) is 7.43. The van der Waals surface area contributed by atoms with Crippen LogP contribution in [0.15, 0.2) is 24.3 Å². The predicted molar refractivity (Wildman–Crippen MR) is 73.5 cm³/mol. The molecule has 19 heavy (non-hydrogen) atoms. The van der Waals surface area contributed by atoms with Crippen molar-refractivity contribution in [2.24, 2.45) is 5.92 Å². The van der Waals surface area contributed by atoms with E-state index in [1.54, 1.807) is 12.1 Å². The monoisotopic (exact) mass is 263 g/mol. The molecular weight excluding hydrogens is 241 g/mol. The van der Waals surface area contributed by atoms with Gasteiger partial charge >= 0.3 is 0 Å². The smallest absolute Gasteiger partial charge is 0.123 e. The summed E-state index contributed by atoms with van der Waals surface area (Å²) in [7, 11) is 0. The van der Waals surface area contributed by atoms with Crippen LogP contribution in [0.4, 0.5) is 4.39 Å². The molecule has 2 unspecified atom stereocenters. The first kappa shape index (κ1) is 13.1. The fourth-order valence-electron chi connectivity index (χ4n) is 3.36. The van der Waals surface area contributed by atoms with E-state index in [0.29, 0.717) is 0 Å². The molecular formula is C16H22FNO. The van der Waals surface area contributed by atoms with Crippen molar-refractivity contribution in [3.63, 3.8) is 0 Å². The largest absolute Gasteiger partial charge is 0.368 e. The highest BCUT2D eigenvalue weighted by atomic mass is 19.1. The number of ether oxygens (including phenoxy) is 1. The van der Waals surface area contributed by atoms with E-state index in [0.717, 1.165) is 31.0 Å². The summed E-state index contributed by atoms with van der Waals surface area (Å²) in [6, 6.07) is 6.78. The van der Waals surface area contributed by atoms with Crippen LogP contribution in [0.1, 0.15) is 43.8 Å². The number of halogens is 1. The van der Waals surface area contributed by atoms with Gasteiger partial charge in [0, 0.05) is 13.1 Å². The highest BCUT2D eigenvalue weighted by Gasteiger charge is 2.27. The molecule has 104 valence electrons. The van der Waals surface area contributed by atoms with Gasteiger partial charge in [-0.2, -0.15) is 0 Å². The lowest BCUT2D eigenvalue weighted by Gasteiger charge is -2.32. The minimum atomic E-state index is -0.181. The normalized spacial score (nSPS) is 28.7. The lowest BCUT2D eigenvalue weighted by Crippen LogP contribution is -2.41. The number of benzene rings is 1. The molecule has 1 aromatic carbocycles. The molecule has 0 radical (unpaired) electrons. The lowest BCUT2D eigenvalue weighted by atomic mass is 9.98. The van der Waals surface area contributed by atoms with Gasteiger partial charge in [-0.25, -0.2) is 4.39 Å². The number of nitrogens with one attached hydrogen (secondary N) is 1. The van der Waals surface area contributed by atoms with E-state index in [4.69, 9.17) is 4.74 Å². The summed E-state index contributed by atoms with van der Waals surface area (Å²) in [5.74, 6) is 0.650. The average Bonchev–Trinajstić information content (AvgIpc) is 2.92. The van der Waals surface area contributed by atoms with Gasteiger partial charge in [0.15, 0.2) is 0 Å². The summed E-state index contributed by atoms with van der Waals surface area (Å²) in [5.41, 5.74) is 0.948. The van der Waals surface area contributed by atoms with Crippen molar-refractivity contribution in [1.29, 1.82) is 0 Å². The zero-order valence-electron chi connectivity index (χ0n) is 11.3. The first-order valence-corrected chi connectivity index (χ1v) is 7.43. The van der Waals surface area contributed by atoms with Crippen LogP contribution >= 0.6 is 0 Å². The molecule has 1 heterocycles. The summed E-state index contributed by atoms with van der Waals surface area (Å²) in [4.78, 5) is 0. The van der Waals surface area contributed by atoms with Gasteiger partial charge < -0.3 is 10.1 Å². The SMILES string of the molecule is Fc1cccc(C2CNCC(CC3CCCC3)O2)c1. The molecule has 1 saturated carbocycles. The van der Waals surface area contributed by atoms with Gasteiger partial charge in [-0.3, -0.25) is 0 Å². The van der Waals surface area contributed by atoms with Crippen molar-refractivity contribution < 1.29 is 9.13 Å². The maximum Gasteiger partial charge on any atom is 0.123 e. The van der Waals surface area contributed by atoms with Gasteiger partial charge in [-0.15, -0.1) is 0 Å². The number of hydrogen-bond donors (Lipinski definition) is 1. The van der Waals surface area contributed by atoms with E-state index < -0.39 is 0 Å². The maximum atomic E-state index is 13.3. The molecule has 1 N–H and O–H groups in total. The Labute approximate surface area is 114 Å². The molecule has 2 fully saturated rings. The Balaban J connectivity index is 1.61. The minimum Gasteiger partial charge on any atom is -0.368 e. The van der Waals surface area contributed by atoms with Crippen LogP contribution in [0, 0.1) is 11.7 Å². The van der Waals surface area contributed by atoms with Gasteiger partial charge in [0.2, 0.25) is 0 Å². The van der Waals surface area contributed by atoms with Crippen LogP contribution in [0.3, 0.4) is 0 Å². The van der Waals surface area contributed by atoms with E-state index in [9.17, 15) is 4.39 Å². The molecule has 0 aromatic heterocycles. The van der Waals surface area contributed by atoms with Crippen molar-refractivity contribution in [2.75, 3.05) is 13.1 Å². The summed E-state index contributed by atoms with van der Waals surface area (Å²) in [6.45, 7) is 1.72. The summed E-state index contributed by atoms with van der Waals surface area (Å²) >= 11 is 0. The Kier molecular flexibility index (Phi) is 4.14. The van der Waals surface area contributed by atoms with Crippen LogP contribution in [0.25, 0.3) is 0 Å². The Morgan fingerprint density at radius 2 is 2.05 bits per heavy atom. The Hall–Kier alpha value is -0.930. The fourth-order valence-corrected chi connectivity index (χ4v) is 3.36. The third kappa shape index (κ3) is 3.34. The quantitative estimate of drug-likeness (QED) is 0.902. The van der Waals surface area contributed by atoms with Crippen LogP contribution in [-0.2, 0) is 4.74 Å². The number of hydrogen-bond acceptors (Lipinski definition) is 2. The van der Waals surface area contributed by atoms with Gasteiger partial charge in [-0.05, 0) is 30.0 Å². The zero-order valence-corrected chi connectivity index (χ0v) is 11.3. The van der Waals surface area contributed by atoms with E-state index in [2.05, 4.69) is 5.32 Å². The average molecular weight is 263 g/mol. The molecule has 0 spiro atoms. The van der Waals surface area contributed by atoms with Crippen molar-refractivity contribution in [1.82, 2.24) is 5.32 Å². The molecule has 3 heteroatoms. The summed E-state index contributed by atoms with van der Waals surface area (Å²) in [5, 5.41) is 3.43. The third-order valence-corrected chi connectivity index (χ3v) is 4.35. The molecule has 0 bridgehead atoms. The molecule has 2 atom stereocenters. The second-order valence-corrected chi connectivity index (χ2v) is 5.85. The summed E-state index contributed by atoms with van der Waals surface area (Å²) in [6.07, 6.45) is 6.88. The van der Waals surface area contributed by atoms with E-state index >= 15 is 0 Å². The van der Waals surface area contributed by atoms with E-state index in [-0.39, 0.29) is 18.0 Å². The maximum absolute atomic E-state index is 13.3. The highest BCUT2D eigenvalue weighted by molar-refractivity contribution is 5.19. The van der Waals surface area contributed by atoms with Gasteiger partial charge in [0.05, 0.1) is 12.2 Å². The standard InChI is InChI=1S/C16H22FNO/c17-14-7-3-6-13(9-14)16-11-18-10-15(19-16)8-12-4-1-2-5-12/h3,6-7,9,12,15-16,18H,1-2,4-5,8,10-11H2. The van der Waals surface area contributed by atoms with Crippen molar-refractivity contribution in [3.05, 3.63) is 35.6 Å². The van der Waals surface area contributed by atoms with E-state index in [1.807, 2.05) is 6.07 Å². The molecule has 3 rings (SSSR count). The van der Waals surface area contributed by atoms with Gasteiger partial charge in [-0.1, -0.05) is 37.8 Å². The van der Waals surface area contributed by atoms with Crippen LogP contribution in [-0.4, -0.2) is 19.2 Å². The van der Waals surface area contributed by atoms with Crippen LogP contribution in [0.2, 0.25) is 0 Å². The Bertz CT molecular complexity index is 417. The van der Waals surface area contributed by atoms with Crippen molar-refractivity contribution in [2.45, 2.75) is 44.3 Å². The molecule has 1 aliphatic carbocycles. The molecule has 1 aromatic rings. The van der Waals surface area contributed by atoms with E-state index in [1.165, 1.54) is 31.7 Å². The first-order chi connectivity index (χ1) is 9.31. The van der Waals surface area contributed by atoms with Crippen LogP contribution < -0.4 is 5.32 Å². The van der Waals surface area contributed by atoms with Gasteiger partial charge in [0.25, 0.3) is 0 Å². The number of rotatable bonds is 3. The lowest BCUT2D eigenvalue weighted by molar-refractivity contribution is -0.0490. The zero-order chi connectivity index (χ0) is 13.1. The second kappa shape index (κ2) is 6.02. The molecule has 1 aliphatic heterocycles.